The third kappa shape index (κ3) is 3.35. The third-order valence-electron chi connectivity index (χ3n) is 7.49. The van der Waals surface area contributed by atoms with Gasteiger partial charge in [-0.05, 0) is 50.2 Å². The molecule has 1 heterocycles. The van der Waals surface area contributed by atoms with Crippen molar-refractivity contribution in [2.75, 3.05) is 0 Å². The van der Waals surface area contributed by atoms with E-state index in [1.807, 2.05) is 12.1 Å². The van der Waals surface area contributed by atoms with Gasteiger partial charge in [-0.1, -0.05) is 67.8 Å². The lowest BCUT2D eigenvalue weighted by atomic mass is 9.75. The lowest BCUT2D eigenvalue weighted by molar-refractivity contribution is -0.128. The summed E-state index contributed by atoms with van der Waals surface area (Å²) in [6.07, 6.45) is 10.9. The summed E-state index contributed by atoms with van der Waals surface area (Å²) in [6.45, 7) is 0. The molecule has 5 rings (SSSR count). The molecular weight excluding hydrogens is 358 g/mol. The molecular formula is C26H31NO2. The zero-order valence-corrected chi connectivity index (χ0v) is 17.2. The standard InChI is InChI=1S/C26H31NO2/c28-24(26(17-9-10-18-26)20-11-3-1-4-12-20)27-22-19-25(15-7-2-8-16-25)29-23-14-6-5-13-21(22)23/h1,3-6,11-14,22H,2,7-10,15-19H2,(H,27,28). The smallest absolute Gasteiger partial charge is 0.231 e. The molecule has 0 aromatic heterocycles. The van der Waals surface area contributed by atoms with Gasteiger partial charge in [-0.15, -0.1) is 0 Å². The van der Waals surface area contributed by atoms with Crippen LogP contribution in [-0.4, -0.2) is 11.5 Å². The summed E-state index contributed by atoms with van der Waals surface area (Å²) >= 11 is 0. The highest BCUT2D eigenvalue weighted by atomic mass is 16.5. The summed E-state index contributed by atoms with van der Waals surface area (Å²) in [5, 5.41) is 3.51. The van der Waals surface area contributed by atoms with E-state index in [1.165, 1.54) is 24.8 Å². The SMILES string of the molecule is O=C(NC1CC2(CCCCC2)Oc2ccccc21)C1(c2ccccc2)CCCC1. The maximum absolute atomic E-state index is 13.8. The first-order valence-corrected chi connectivity index (χ1v) is 11.4. The first kappa shape index (κ1) is 18.7. The highest BCUT2D eigenvalue weighted by molar-refractivity contribution is 5.89. The van der Waals surface area contributed by atoms with E-state index in [4.69, 9.17) is 4.74 Å². The van der Waals surface area contributed by atoms with Crippen LogP contribution in [0.1, 0.15) is 81.4 Å². The fraction of sp³-hybridized carbons (Fsp3) is 0.500. The maximum Gasteiger partial charge on any atom is 0.231 e. The van der Waals surface area contributed by atoms with Crippen molar-refractivity contribution in [1.82, 2.24) is 5.32 Å². The molecule has 2 aromatic rings. The number of fused-ring (bicyclic) bond motifs is 1. The molecule has 0 saturated heterocycles. The summed E-state index contributed by atoms with van der Waals surface area (Å²) in [5.74, 6) is 1.17. The Balaban J connectivity index is 1.46. The van der Waals surface area contributed by atoms with Crippen LogP contribution in [0.25, 0.3) is 0 Å². The van der Waals surface area contributed by atoms with Crippen LogP contribution in [0.15, 0.2) is 54.6 Å². The minimum atomic E-state index is -0.381. The molecule has 1 unspecified atom stereocenters. The van der Waals surface area contributed by atoms with Gasteiger partial charge in [0, 0.05) is 12.0 Å². The molecule has 152 valence electrons. The van der Waals surface area contributed by atoms with Crippen molar-refractivity contribution >= 4 is 5.91 Å². The summed E-state index contributed by atoms with van der Waals surface area (Å²) < 4.78 is 6.56. The molecule has 29 heavy (non-hydrogen) atoms. The van der Waals surface area contributed by atoms with Crippen molar-refractivity contribution in [2.24, 2.45) is 0 Å². The minimum absolute atomic E-state index is 0.0340. The molecule has 1 amide bonds. The minimum Gasteiger partial charge on any atom is -0.487 e. The molecule has 2 aliphatic carbocycles. The summed E-state index contributed by atoms with van der Waals surface area (Å²) in [5.41, 5.74) is 1.81. The van der Waals surface area contributed by atoms with Gasteiger partial charge in [0.05, 0.1) is 11.5 Å². The lowest BCUT2D eigenvalue weighted by Crippen LogP contribution is -2.50. The Morgan fingerprint density at radius 1 is 0.828 bits per heavy atom. The van der Waals surface area contributed by atoms with Gasteiger partial charge < -0.3 is 10.1 Å². The van der Waals surface area contributed by atoms with E-state index >= 15 is 0 Å². The Hall–Kier alpha value is -2.29. The van der Waals surface area contributed by atoms with Gasteiger partial charge in [0.25, 0.3) is 0 Å². The van der Waals surface area contributed by atoms with Crippen LogP contribution in [0.2, 0.25) is 0 Å². The highest BCUT2D eigenvalue weighted by Crippen LogP contribution is 2.47. The number of hydrogen-bond acceptors (Lipinski definition) is 2. The van der Waals surface area contributed by atoms with Gasteiger partial charge in [-0.25, -0.2) is 0 Å². The van der Waals surface area contributed by atoms with E-state index in [0.717, 1.165) is 56.3 Å². The summed E-state index contributed by atoms with van der Waals surface area (Å²) in [4.78, 5) is 13.8. The first-order valence-electron chi connectivity index (χ1n) is 11.4. The van der Waals surface area contributed by atoms with Crippen molar-refractivity contribution in [2.45, 2.75) is 81.3 Å². The number of benzene rings is 2. The lowest BCUT2D eigenvalue weighted by Gasteiger charge is -2.45. The normalized spacial score (nSPS) is 24.5. The Morgan fingerprint density at radius 3 is 2.24 bits per heavy atom. The number of carbonyl (C=O) groups is 1. The Morgan fingerprint density at radius 2 is 1.48 bits per heavy atom. The molecule has 2 saturated carbocycles. The Bertz CT molecular complexity index is 863. The number of para-hydroxylation sites is 1. The van der Waals surface area contributed by atoms with E-state index in [0.29, 0.717) is 0 Å². The second-order valence-electron chi connectivity index (χ2n) is 9.27. The predicted molar refractivity (Wildman–Crippen MR) is 115 cm³/mol. The zero-order valence-electron chi connectivity index (χ0n) is 17.2. The van der Waals surface area contributed by atoms with Gasteiger partial charge in [0.2, 0.25) is 5.91 Å². The summed E-state index contributed by atoms with van der Waals surface area (Å²) in [7, 11) is 0. The van der Waals surface area contributed by atoms with Crippen LogP contribution < -0.4 is 10.1 Å². The Kier molecular flexibility index (Phi) is 4.85. The number of nitrogens with one attached hydrogen (secondary N) is 1. The van der Waals surface area contributed by atoms with E-state index in [2.05, 4.69) is 47.8 Å². The second-order valence-corrected chi connectivity index (χ2v) is 9.27. The van der Waals surface area contributed by atoms with Crippen molar-refractivity contribution in [3.05, 3.63) is 65.7 Å². The van der Waals surface area contributed by atoms with Gasteiger partial charge in [0.1, 0.15) is 11.4 Å². The molecule has 1 atom stereocenters. The molecule has 1 aliphatic heterocycles. The molecule has 1 spiro atoms. The quantitative estimate of drug-likeness (QED) is 0.716. The van der Waals surface area contributed by atoms with Crippen LogP contribution in [0.4, 0.5) is 0 Å². The molecule has 0 radical (unpaired) electrons. The van der Waals surface area contributed by atoms with Crippen LogP contribution in [0.3, 0.4) is 0 Å². The van der Waals surface area contributed by atoms with Crippen molar-refractivity contribution in [3.63, 3.8) is 0 Å². The van der Waals surface area contributed by atoms with Crippen molar-refractivity contribution in [3.8, 4) is 5.75 Å². The van der Waals surface area contributed by atoms with E-state index in [-0.39, 0.29) is 23.0 Å². The molecule has 2 fully saturated rings. The molecule has 3 heteroatoms. The zero-order chi connectivity index (χ0) is 19.7. The monoisotopic (exact) mass is 389 g/mol. The fourth-order valence-corrected chi connectivity index (χ4v) is 5.93. The molecule has 0 bridgehead atoms. The van der Waals surface area contributed by atoms with Crippen LogP contribution in [0.5, 0.6) is 5.75 Å². The average Bonchev–Trinajstić information content (AvgIpc) is 3.26. The second kappa shape index (κ2) is 7.51. The number of ether oxygens (including phenoxy) is 1. The van der Waals surface area contributed by atoms with E-state index in [9.17, 15) is 4.79 Å². The van der Waals surface area contributed by atoms with Crippen molar-refractivity contribution < 1.29 is 9.53 Å². The average molecular weight is 390 g/mol. The van der Waals surface area contributed by atoms with Crippen molar-refractivity contribution in [1.29, 1.82) is 0 Å². The van der Waals surface area contributed by atoms with E-state index in [1.54, 1.807) is 0 Å². The van der Waals surface area contributed by atoms with Gasteiger partial charge in [-0.3, -0.25) is 4.79 Å². The topological polar surface area (TPSA) is 38.3 Å². The largest absolute Gasteiger partial charge is 0.487 e. The van der Waals surface area contributed by atoms with Crippen LogP contribution in [-0.2, 0) is 10.2 Å². The molecule has 3 aliphatic rings. The van der Waals surface area contributed by atoms with Gasteiger partial charge in [-0.2, -0.15) is 0 Å². The molecule has 2 aromatic carbocycles. The molecule has 1 N–H and O–H groups in total. The Labute approximate surface area is 173 Å². The number of rotatable bonds is 3. The van der Waals surface area contributed by atoms with Gasteiger partial charge >= 0.3 is 0 Å². The number of hydrogen-bond donors (Lipinski definition) is 1. The first-order chi connectivity index (χ1) is 14.2. The van der Waals surface area contributed by atoms with Crippen LogP contribution >= 0.6 is 0 Å². The van der Waals surface area contributed by atoms with Crippen LogP contribution in [0, 0.1) is 0 Å². The third-order valence-corrected chi connectivity index (χ3v) is 7.49. The summed E-state index contributed by atoms with van der Waals surface area (Å²) in [6, 6.07) is 18.7. The number of amides is 1. The number of carbonyl (C=O) groups excluding carboxylic acids is 1. The maximum atomic E-state index is 13.8. The predicted octanol–water partition coefficient (Wildman–Crippen LogP) is 5.84. The van der Waals surface area contributed by atoms with E-state index < -0.39 is 0 Å². The fourth-order valence-electron chi connectivity index (χ4n) is 5.93. The van der Waals surface area contributed by atoms with Gasteiger partial charge in [0.15, 0.2) is 0 Å². The molecule has 3 nitrogen and oxygen atoms in total. The highest BCUT2D eigenvalue weighted by Gasteiger charge is 2.46.